The maximum absolute atomic E-state index is 13.0. The third kappa shape index (κ3) is 5.54. The fourth-order valence-corrected chi connectivity index (χ4v) is 2.76. The van der Waals surface area contributed by atoms with Crippen molar-refractivity contribution in [3.63, 3.8) is 0 Å². The molecule has 8 nitrogen and oxygen atoms in total. The summed E-state index contributed by atoms with van der Waals surface area (Å²) in [5.74, 6) is -0.257. The SMILES string of the molecule is COc1ccc(Cl)cc1C(=O)NNC(=O)CCCc1nc(-c2ccc(F)cc2)no1. The molecule has 0 atom stereocenters. The Hall–Kier alpha value is -3.46. The smallest absolute Gasteiger partial charge is 0.273 e. The molecule has 156 valence electrons. The van der Waals surface area contributed by atoms with E-state index in [-0.39, 0.29) is 23.7 Å². The topological polar surface area (TPSA) is 106 Å². The van der Waals surface area contributed by atoms with Crippen molar-refractivity contribution in [2.24, 2.45) is 0 Å². The predicted octanol–water partition coefficient (Wildman–Crippen LogP) is 3.32. The molecule has 0 fully saturated rings. The summed E-state index contributed by atoms with van der Waals surface area (Å²) in [7, 11) is 1.43. The molecule has 0 saturated heterocycles. The standard InChI is InChI=1S/C20H18ClFN4O4/c1-29-16-10-7-13(21)11-15(16)20(28)25-24-17(27)3-2-4-18-23-19(26-30-18)12-5-8-14(22)9-6-12/h5-11H,2-4H2,1H3,(H,24,27)(H,25,28). The summed E-state index contributed by atoms with van der Waals surface area (Å²) in [6, 6.07) is 10.3. The number of aryl methyl sites for hydroxylation is 1. The van der Waals surface area contributed by atoms with Crippen LogP contribution in [0, 0.1) is 5.82 Å². The summed E-state index contributed by atoms with van der Waals surface area (Å²) in [5.41, 5.74) is 5.48. The van der Waals surface area contributed by atoms with Crippen LogP contribution in [-0.2, 0) is 11.2 Å². The first kappa shape index (κ1) is 21.3. The second-order valence-electron chi connectivity index (χ2n) is 6.22. The van der Waals surface area contributed by atoms with Crippen molar-refractivity contribution < 1.29 is 23.2 Å². The van der Waals surface area contributed by atoms with E-state index < -0.39 is 5.91 Å². The molecular formula is C20H18ClFN4O4. The van der Waals surface area contributed by atoms with Gasteiger partial charge in [0.15, 0.2) is 0 Å². The van der Waals surface area contributed by atoms with E-state index in [2.05, 4.69) is 21.0 Å². The molecule has 0 bridgehead atoms. The Morgan fingerprint density at radius 1 is 1.17 bits per heavy atom. The zero-order chi connectivity index (χ0) is 21.5. The average Bonchev–Trinajstić information content (AvgIpc) is 3.21. The molecular weight excluding hydrogens is 415 g/mol. The van der Waals surface area contributed by atoms with Crippen molar-refractivity contribution in [3.8, 4) is 17.1 Å². The molecule has 10 heteroatoms. The molecule has 0 saturated carbocycles. The highest BCUT2D eigenvalue weighted by Crippen LogP contribution is 2.22. The minimum atomic E-state index is -0.552. The Morgan fingerprint density at radius 2 is 1.93 bits per heavy atom. The second-order valence-corrected chi connectivity index (χ2v) is 6.66. The number of hydrogen-bond donors (Lipinski definition) is 2. The van der Waals surface area contributed by atoms with Crippen LogP contribution in [0.2, 0.25) is 5.02 Å². The van der Waals surface area contributed by atoms with Gasteiger partial charge < -0.3 is 9.26 Å². The van der Waals surface area contributed by atoms with Crippen molar-refractivity contribution in [3.05, 3.63) is 64.8 Å². The van der Waals surface area contributed by atoms with Crippen LogP contribution in [0.4, 0.5) is 4.39 Å². The lowest BCUT2D eigenvalue weighted by atomic mass is 10.2. The van der Waals surface area contributed by atoms with Crippen molar-refractivity contribution in [1.29, 1.82) is 0 Å². The van der Waals surface area contributed by atoms with Crippen LogP contribution in [-0.4, -0.2) is 29.1 Å². The number of methoxy groups -OCH3 is 1. The molecule has 30 heavy (non-hydrogen) atoms. The zero-order valence-electron chi connectivity index (χ0n) is 15.9. The summed E-state index contributed by atoms with van der Waals surface area (Å²) in [6.45, 7) is 0. The molecule has 3 aromatic rings. The molecule has 0 unspecified atom stereocenters. The lowest BCUT2D eigenvalue weighted by molar-refractivity contribution is -0.121. The normalized spacial score (nSPS) is 10.5. The van der Waals surface area contributed by atoms with E-state index in [1.165, 1.54) is 25.3 Å². The minimum Gasteiger partial charge on any atom is -0.496 e. The van der Waals surface area contributed by atoms with Crippen LogP contribution in [0.25, 0.3) is 11.4 Å². The predicted molar refractivity (Wildman–Crippen MR) is 106 cm³/mol. The van der Waals surface area contributed by atoms with Gasteiger partial charge in [0.2, 0.25) is 17.6 Å². The summed E-state index contributed by atoms with van der Waals surface area (Å²) < 4.78 is 23.2. The van der Waals surface area contributed by atoms with E-state index in [1.54, 1.807) is 24.3 Å². The van der Waals surface area contributed by atoms with Crippen molar-refractivity contribution in [1.82, 2.24) is 21.0 Å². The molecule has 2 amide bonds. The van der Waals surface area contributed by atoms with Gasteiger partial charge in [-0.15, -0.1) is 0 Å². The van der Waals surface area contributed by atoms with Crippen LogP contribution >= 0.6 is 11.6 Å². The largest absolute Gasteiger partial charge is 0.496 e. The highest BCUT2D eigenvalue weighted by atomic mass is 35.5. The summed E-state index contributed by atoms with van der Waals surface area (Å²) in [6.07, 6.45) is 0.923. The Labute approximate surface area is 176 Å². The van der Waals surface area contributed by atoms with Gasteiger partial charge in [-0.3, -0.25) is 20.4 Å². The summed E-state index contributed by atoms with van der Waals surface area (Å²) in [5, 5.41) is 4.21. The highest BCUT2D eigenvalue weighted by molar-refractivity contribution is 6.31. The maximum atomic E-state index is 13.0. The zero-order valence-corrected chi connectivity index (χ0v) is 16.7. The monoisotopic (exact) mass is 432 g/mol. The summed E-state index contributed by atoms with van der Waals surface area (Å²) >= 11 is 5.90. The van der Waals surface area contributed by atoms with E-state index in [9.17, 15) is 14.0 Å². The van der Waals surface area contributed by atoms with Gasteiger partial charge in [-0.2, -0.15) is 4.98 Å². The molecule has 0 aliphatic rings. The van der Waals surface area contributed by atoms with Gasteiger partial charge >= 0.3 is 0 Å². The van der Waals surface area contributed by atoms with Crippen LogP contribution in [0.15, 0.2) is 47.0 Å². The highest BCUT2D eigenvalue weighted by Gasteiger charge is 2.14. The third-order valence-corrected chi connectivity index (χ3v) is 4.32. The average molecular weight is 433 g/mol. The van der Waals surface area contributed by atoms with E-state index in [0.717, 1.165) is 0 Å². The van der Waals surface area contributed by atoms with E-state index in [4.69, 9.17) is 20.9 Å². The second kappa shape index (κ2) is 9.84. The number of benzene rings is 2. The maximum Gasteiger partial charge on any atom is 0.273 e. The van der Waals surface area contributed by atoms with Crippen LogP contribution < -0.4 is 15.6 Å². The fraction of sp³-hybridized carbons (Fsp3) is 0.200. The Balaban J connectivity index is 1.45. The van der Waals surface area contributed by atoms with Gasteiger partial charge in [0, 0.05) is 23.4 Å². The number of halogens is 2. The first-order valence-electron chi connectivity index (χ1n) is 8.97. The van der Waals surface area contributed by atoms with Crippen molar-refractivity contribution in [2.75, 3.05) is 7.11 Å². The van der Waals surface area contributed by atoms with Gasteiger partial charge in [-0.1, -0.05) is 16.8 Å². The van der Waals surface area contributed by atoms with Gasteiger partial charge in [-0.05, 0) is 48.9 Å². The van der Waals surface area contributed by atoms with E-state index in [1.807, 2.05) is 0 Å². The molecule has 0 spiro atoms. The van der Waals surface area contributed by atoms with Crippen molar-refractivity contribution in [2.45, 2.75) is 19.3 Å². The van der Waals surface area contributed by atoms with Crippen LogP contribution in [0.1, 0.15) is 29.1 Å². The minimum absolute atomic E-state index is 0.126. The number of carbonyl (C=O) groups is 2. The lowest BCUT2D eigenvalue weighted by Gasteiger charge is -2.10. The number of nitrogens with zero attached hydrogens (tertiary/aromatic N) is 2. The number of amides is 2. The summed E-state index contributed by atoms with van der Waals surface area (Å²) in [4.78, 5) is 28.4. The molecule has 3 rings (SSSR count). The third-order valence-electron chi connectivity index (χ3n) is 4.09. The Morgan fingerprint density at radius 3 is 2.67 bits per heavy atom. The van der Waals surface area contributed by atoms with Crippen LogP contribution in [0.3, 0.4) is 0 Å². The van der Waals surface area contributed by atoms with E-state index in [0.29, 0.717) is 40.9 Å². The number of hydrazine groups is 1. The van der Waals surface area contributed by atoms with E-state index >= 15 is 0 Å². The van der Waals surface area contributed by atoms with Gasteiger partial charge in [-0.25, -0.2) is 4.39 Å². The Bertz CT molecular complexity index is 1040. The van der Waals surface area contributed by atoms with Gasteiger partial charge in [0.25, 0.3) is 5.91 Å². The number of hydrogen-bond acceptors (Lipinski definition) is 6. The first-order chi connectivity index (χ1) is 14.5. The van der Waals surface area contributed by atoms with Gasteiger partial charge in [0.05, 0.1) is 12.7 Å². The fourth-order valence-electron chi connectivity index (χ4n) is 2.59. The van der Waals surface area contributed by atoms with Crippen molar-refractivity contribution >= 4 is 23.4 Å². The molecule has 1 aromatic heterocycles. The number of aromatic nitrogens is 2. The molecule has 2 N–H and O–H groups in total. The van der Waals surface area contributed by atoms with Gasteiger partial charge in [0.1, 0.15) is 11.6 Å². The number of ether oxygens (including phenoxy) is 1. The quantitative estimate of drug-likeness (QED) is 0.555. The number of rotatable bonds is 7. The Kier molecular flexibility index (Phi) is 6.97. The molecule has 1 heterocycles. The molecule has 0 aliphatic heterocycles. The molecule has 0 radical (unpaired) electrons. The number of nitrogens with one attached hydrogen (secondary N) is 2. The van der Waals surface area contributed by atoms with Crippen LogP contribution in [0.5, 0.6) is 5.75 Å². The first-order valence-corrected chi connectivity index (χ1v) is 9.35. The number of carbonyl (C=O) groups excluding carboxylic acids is 2. The molecule has 0 aliphatic carbocycles. The lowest BCUT2D eigenvalue weighted by Crippen LogP contribution is -2.41. The molecule has 2 aromatic carbocycles.